The summed E-state index contributed by atoms with van der Waals surface area (Å²) in [6.07, 6.45) is -0.802. The topological polar surface area (TPSA) is 117 Å². The Hall–Kier alpha value is -2.42. The fraction of sp³-hybridized carbons (Fsp3) is 0.375. The first-order valence-corrected chi connectivity index (χ1v) is 7.66. The van der Waals surface area contributed by atoms with Crippen LogP contribution in [0, 0.1) is 0 Å². The van der Waals surface area contributed by atoms with Gasteiger partial charge < -0.3 is 20.3 Å². The molecule has 1 saturated heterocycles. The van der Waals surface area contributed by atoms with Gasteiger partial charge in [-0.2, -0.15) is 0 Å². The molecule has 0 saturated carbocycles. The first kappa shape index (κ1) is 16.4. The molecule has 1 aliphatic heterocycles. The van der Waals surface area contributed by atoms with E-state index in [0.29, 0.717) is 6.54 Å². The molecule has 0 radical (unpaired) electrons. The highest BCUT2D eigenvalue weighted by Gasteiger charge is 2.35. The Labute approximate surface area is 137 Å². The van der Waals surface area contributed by atoms with E-state index in [4.69, 9.17) is 9.84 Å². The van der Waals surface area contributed by atoms with E-state index in [1.54, 1.807) is 0 Å². The van der Waals surface area contributed by atoms with E-state index in [2.05, 4.69) is 10.3 Å². The molecule has 8 nitrogen and oxygen atoms in total. The number of aliphatic hydroxyl groups excluding tert-OH is 2. The van der Waals surface area contributed by atoms with Gasteiger partial charge in [-0.15, -0.1) is 0 Å². The number of aromatic nitrogens is 2. The van der Waals surface area contributed by atoms with Crippen LogP contribution in [0.1, 0.15) is 18.2 Å². The highest BCUT2D eigenvalue weighted by Crippen LogP contribution is 2.27. The number of aromatic amines is 1. The van der Waals surface area contributed by atoms with Crippen molar-refractivity contribution in [1.29, 1.82) is 0 Å². The molecule has 2 heterocycles. The molecule has 1 aromatic carbocycles. The van der Waals surface area contributed by atoms with E-state index in [1.165, 1.54) is 10.8 Å². The lowest BCUT2D eigenvalue weighted by Crippen LogP contribution is -2.33. The van der Waals surface area contributed by atoms with Crippen molar-refractivity contribution in [3.63, 3.8) is 0 Å². The molecular weight excluding hydrogens is 314 g/mol. The Balaban J connectivity index is 1.81. The van der Waals surface area contributed by atoms with Gasteiger partial charge >= 0.3 is 5.69 Å². The average Bonchev–Trinajstić information content (AvgIpc) is 2.95. The van der Waals surface area contributed by atoms with Gasteiger partial charge in [0.1, 0.15) is 18.0 Å². The number of rotatable bonds is 5. The summed E-state index contributed by atoms with van der Waals surface area (Å²) in [5, 5.41) is 21.9. The van der Waals surface area contributed by atoms with Gasteiger partial charge in [0.05, 0.1) is 12.7 Å². The van der Waals surface area contributed by atoms with Gasteiger partial charge in [0.15, 0.2) is 0 Å². The van der Waals surface area contributed by atoms with Gasteiger partial charge in [0.2, 0.25) is 0 Å². The van der Waals surface area contributed by atoms with E-state index in [1.807, 2.05) is 30.3 Å². The zero-order valence-electron chi connectivity index (χ0n) is 12.9. The Morgan fingerprint density at radius 3 is 2.71 bits per heavy atom. The molecule has 3 atom stereocenters. The summed E-state index contributed by atoms with van der Waals surface area (Å²) in [5.41, 5.74) is 0.0667. The van der Waals surface area contributed by atoms with Crippen LogP contribution < -0.4 is 16.6 Å². The summed E-state index contributed by atoms with van der Waals surface area (Å²) in [5.74, 6) is 0. The van der Waals surface area contributed by atoms with E-state index >= 15 is 0 Å². The lowest BCUT2D eigenvalue weighted by atomic mass is 10.2. The van der Waals surface area contributed by atoms with Crippen molar-refractivity contribution >= 4 is 5.69 Å². The monoisotopic (exact) mass is 333 g/mol. The SMILES string of the molecule is O=c1[nH]c(=O)n(C2CC(O)C(CO)O2)cc1NCc1ccccc1. The zero-order chi connectivity index (χ0) is 17.1. The van der Waals surface area contributed by atoms with Crippen molar-refractivity contribution < 1.29 is 14.9 Å². The molecule has 1 fully saturated rings. The molecule has 2 aromatic rings. The Bertz CT molecular complexity index is 801. The minimum absolute atomic E-state index is 0.162. The smallest absolute Gasteiger partial charge is 0.330 e. The number of nitrogens with zero attached hydrogens (tertiary/aromatic N) is 1. The van der Waals surface area contributed by atoms with Crippen LogP contribution in [0.4, 0.5) is 5.69 Å². The van der Waals surface area contributed by atoms with Crippen molar-refractivity contribution in [2.24, 2.45) is 0 Å². The van der Waals surface area contributed by atoms with Crippen molar-refractivity contribution in [3.05, 3.63) is 62.9 Å². The second-order valence-electron chi connectivity index (χ2n) is 5.66. The van der Waals surface area contributed by atoms with Crippen molar-refractivity contribution in [3.8, 4) is 0 Å². The van der Waals surface area contributed by atoms with E-state index in [0.717, 1.165) is 5.56 Å². The van der Waals surface area contributed by atoms with E-state index in [-0.39, 0.29) is 18.7 Å². The summed E-state index contributed by atoms with van der Waals surface area (Å²) in [6.45, 7) is 0.0877. The predicted molar refractivity (Wildman–Crippen MR) is 86.7 cm³/mol. The van der Waals surface area contributed by atoms with Crippen LogP contribution in [0.3, 0.4) is 0 Å². The van der Waals surface area contributed by atoms with E-state index < -0.39 is 29.7 Å². The molecule has 0 aliphatic carbocycles. The molecule has 0 amide bonds. The van der Waals surface area contributed by atoms with Crippen molar-refractivity contribution in [2.75, 3.05) is 11.9 Å². The maximum absolute atomic E-state index is 12.0. The number of benzene rings is 1. The number of hydrogen-bond acceptors (Lipinski definition) is 6. The van der Waals surface area contributed by atoms with Crippen LogP contribution in [-0.4, -0.2) is 38.6 Å². The number of aliphatic hydroxyl groups is 2. The first-order valence-electron chi connectivity index (χ1n) is 7.66. The first-order chi connectivity index (χ1) is 11.6. The third kappa shape index (κ3) is 3.40. The second-order valence-corrected chi connectivity index (χ2v) is 5.66. The lowest BCUT2D eigenvalue weighted by Gasteiger charge is -2.15. The highest BCUT2D eigenvalue weighted by atomic mass is 16.5. The molecule has 3 unspecified atom stereocenters. The van der Waals surface area contributed by atoms with Crippen LogP contribution in [0.5, 0.6) is 0 Å². The number of nitrogens with one attached hydrogen (secondary N) is 2. The van der Waals surface area contributed by atoms with Gasteiger partial charge in [-0.25, -0.2) is 4.79 Å². The predicted octanol–water partition coefficient (Wildman–Crippen LogP) is -0.211. The van der Waals surface area contributed by atoms with E-state index in [9.17, 15) is 14.7 Å². The number of anilines is 1. The van der Waals surface area contributed by atoms with Crippen LogP contribution in [0.15, 0.2) is 46.1 Å². The molecule has 128 valence electrons. The molecule has 1 aromatic heterocycles. The third-order valence-electron chi connectivity index (χ3n) is 3.99. The Kier molecular flexibility index (Phi) is 4.79. The summed E-state index contributed by atoms with van der Waals surface area (Å²) in [6, 6.07) is 9.52. The highest BCUT2D eigenvalue weighted by molar-refractivity contribution is 5.39. The fourth-order valence-electron chi connectivity index (χ4n) is 2.67. The second kappa shape index (κ2) is 7.00. The summed E-state index contributed by atoms with van der Waals surface area (Å²) in [7, 11) is 0. The van der Waals surface area contributed by atoms with Gasteiger partial charge in [-0.1, -0.05) is 30.3 Å². The molecule has 0 spiro atoms. The number of ether oxygens (including phenoxy) is 1. The van der Waals surface area contributed by atoms with Crippen LogP contribution >= 0.6 is 0 Å². The summed E-state index contributed by atoms with van der Waals surface area (Å²) >= 11 is 0. The summed E-state index contributed by atoms with van der Waals surface area (Å²) < 4.78 is 6.68. The molecule has 8 heteroatoms. The van der Waals surface area contributed by atoms with Crippen LogP contribution in [0.2, 0.25) is 0 Å². The minimum Gasteiger partial charge on any atom is -0.394 e. The normalized spacial score (nSPS) is 23.3. The number of hydrogen-bond donors (Lipinski definition) is 4. The summed E-state index contributed by atoms with van der Waals surface area (Å²) in [4.78, 5) is 26.2. The molecule has 0 bridgehead atoms. The van der Waals surface area contributed by atoms with Crippen molar-refractivity contribution in [1.82, 2.24) is 9.55 Å². The molecule has 24 heavy (non-hydrogen) atoms. The molecule has 3 rings (SSSR count). The molecular formula is C16H19N3O5. The van der Waals surface area contributed by atoms with Gasteiger partial charge in [0, 0.05) is 19.2 Å². The van der Waals surface area contributed by atoms with Gasteiger partial charge in [-0.3, -0.25) is 14.3 Å². The minimum atomic E-state index is -0.862. The maximum Gasteiger partial charge on any atom is 0.330 e. The Morgan fingerprint density at radius 2 is 2.04 bits per heavy atom. The van der Waals surface area contributed by atoms with Gasteiger partial charge in [0.25, 0.3) is 5.56 Å². The third-order valence-corrected chi connectivity index (χ3v) is 3.99. The lowest BCUT2D eigenvalue weighted by molar-refractivity contribution is -0.0458. The quantitative estimate of drug-likeness (QED) is 0.602. The maximum atomic E-state index is 12.0. The zero-order valence-corrected chi connectivity index (χ0v) is 12.9. The van der Waals surface area contributed by atoms with Gasteiger partial charge in [-0.05, 0) is 5.56 Å². The average molecular weight is 333 g/mol. The Morgan fingerprint density at radius 1 is 1.29 bits per heavy atom. The molecule has 1 aliphatic rings. The number of H-pyrrole nitrogens is 1. The fourth-order valence-corrected chi connectivity index (χ4v) is 2.67. The standard InChI is InChI=1S/C16H19N3O5/c20-9-13-12(21)6-14(24-13)19-8-11(15(22)18-16(19)23)17-7-10-4-2-1-3-5-10/h1-5,8,12-14,17,20-21H,6-7,9H2,(H,18,22,23). The van der Waals surface area contributed by atoms with Crippen LogP contribution in [0.25, 0.3) is 0 Å². The van der Waals surface area contributed by atoms with Crippen LogP contribution in [-0.2, 0) is 11.3 Å². The largest absolute Gasteiger partial charge is 0.394 e. The molecule has 4 N–H and O–H groups in total. The van der Waals surface area contributed by atoms with Crippen molar-refractivity contribution in [2.45, 2.75) is 31.4 Å².